The zero-order valence-electron chi connectivity index (χ0n) is 7.48. The summed E-state index contributed by atoms with van der Waals surface area (Å²) < 4.78 is 10.2. The van der Waals surface area contributed by atoms with Crippen molar-refractivity contribution in [3.05, 3.63) is 30.0 Å². The zero-order chi connectivity index (χ0) is 10.1. The van der Waals surface area contributed by atoms with Crippen LogP contribution in [-0.4, -0.2) is 18.2 Å². The van der Waals surface area contributed by atoms with Crippen LogP contribution in [0.4, 0.5) is 0 Å². The van der Waals surface area contributed by atoms with Gasteiger partial charge in [-0.05, 0) is 18.2 Å². The van der Waals surface area contributed by atoms with Crippen molar-refractivity contribution in [2.24, 2.45) is 0 Å². The first-order chi connectivity index (χ1) is 6.74. The SMILES string of the molecule is COc1ccc(C(=O)O)c2ccoc12. The summed E-state index contributed by atoms with van der Waals surface area (Å²) in [6.07, 6.45) is 1.44. The average molecular weight is 192 g/mol. The molecule has 0 saturated heterocycles. The van der Waals surface area contributed by atoms with Crippen LogP contribution >= 0.6 is 0 Å². The zero-order valence-corrected chi connectivity index (χ0v) is 7.48. The van der Waals surface area contributed by atoms with Gasteiger partial charge in [0.25, 0.3) is 0 Å². The van der Waals surface area contributed by atoms with Crippen molar-refractivity contribution in [1.82, 2.24) is 0 Å². The Balaban J connectivity index is 2.78. The Morgan fingerprint density at radius 1 is 1.43 bits per heavy atom. The van der Waals surface area contributed by atoms with Gasteiger partial charge in [0, 0.05) is 5.39 Å². The molecule has 4 nitrogen and oxygen atoms in total. The lowest BCUT2D eigenvalue weighted by Crippen LogP contribution is -1.96. The first-order valence-electron chi connectivity index (χ1n) is 4.01. The van der Waals surface area contributed by atoms with E-state index in [0.717, 1.165) is 0 Å². The molecule has 0 amide bonds. The van der Waals surface area contributed by atoms with E-state index in [2.05, 4.69) is 0 Å². The molecule has 0 aliphatic carbocycles. The second kappa shape index (κ2) is 3.06. The maximum atomic E-state index is 10.8. The number of carbonyl (C=O) groups is 1. The molecule has 0 radical (unpaired) electrons. The summed E-state index contributed by atoms with van der Waals surface area (Å²) in [6.45, 7) is 0. The Labute approximate surface area is 79.7 Å². The quantitative estimate of drug-likeness (QED) is 0.791. The monoisotopic (exact) mass is 192 g/mol. The molecule has 0 spiro atoms. The van der Waals surface area contributed by atoms with Crippen LogP contribution in [0.2, 0.25) is 0 Å². The number of hydrogen-bond acceptors (Lipinski definition) is 3. The van der Waals surface area contributed by atoms with Gasteiger partial charge in [0.2, 0.25) is 0 Å². The van der Waals surface area contributed by atoms with Crippen molar-refractivity contribution in [2.75, 3.05) is 7.11 Å². The number of carboxylic acids is 1. The van der Waals surface area contributed by atoms with Crippen molar-refractivity contribution in [1.29, 1.82) is 0 Å². The molecule has 0 unspecified atom stereocenters. The number of carboxylic acid groups (broad SMARTS) is 1. The van der Waals surface area contributed by atoms with Crippen LogP contribution in [0.15, 0.2) is 28.9 Å². The van der Waals surface area contributed by atoms with E-state index in [-0.39, 0.29) is 5.56 Å². The van der Waals surface area contributed by atoms with Gasteiger partial charge in [-0.25, -0.2) is 4.79 Å². The number of rotatable bonds is 2. The van der Waals surface area contributed by atoms with Gasteiger partial charge in [-0.1, -0.05) is 0 Å². The van der Waals surface area contributed by atoms with E-state index in [4.69, 9.17) is 14.3 Å². The van der Waals surface area contributed by atoms with E-state index in [0.29, 0.717) is 16.7 Å². The molecule has 0 atom stereocenters. The number of benzene rings is 1. The average Bonchev–Trinajstić information content (AvgIpc) is 2.64. The largest absolute Gasteiger partial charge is 0.493 e. The fraction of sp³-hybridized carbons (Fsp3) is 0.100. The summed E-state index contributed by atoms with van der Waals surface area (Å²) in [5.41, 5.74) is 0.682. The summed E-state index contributed by atoms with van der Waals surface area (Å²) in [5.74, 6) is -0.436. The molecule has 1 N–H and O–H groups in total. The molecule has 2 rings (SSSR count). The minimum atomic E-state index is -0.973. The Morgan fingerprint density at radius 2 is 2.21 bits per heavy atom. The van der Waals surface area contributed by atoms with Gasteiger partial charge in [-0.2, -0.15) is 0 Å². The molecule has 0 saturated carbocycles. The van der Waals surface area contributed by atoms with Crippen LogP contribution in [0, 0.1) is 0 Å². The summed E-state index contributed by atoms with van der Waals surface area (Å²) in [4.78, 5) is 10.8. The van der Waals surface area contributed by atoms with Crippen LogP contribution in [0.3, 0.4) is 0 Å². The molecule has 1 aromatic carbocycles. The highest BCUT2D eigenvalue weighted by atomic mass is 16.5. The highest BCUT2D eigenvalue weighted by Crippen LogP contribution is 2.29. The van der Waals surface area contributed by atoms with Crippen molar-refractivity contribution in [3.63, 3.8) is 0 Å². The van der Waals surface area contributed by atoms with Gasteiger partial charge in [0.1, 0.15) is 0 Å². The molecule has 0 aliphatic heterocycles. The fourth-order valence-corrected chi connectivity index (χ4v) is 1.38. The number of methoxy groups -OCH3 is 1. The topological polar surface area (TPSA) is 59.7 Å². The Kier molecular flexibility index (Phi) is 1.89. The predicted molar refractivity (Wildman–Crippen MR) is 49.7 cm³/mol. The lowest BCUT2D eigenvalue weighted by atomic mass is 10.1. The molecule has 0 fully saturated rings. The van der Waals surface area contributed by atoms with E-state index in [1.54, 1.807) is 12.1 Å². The highest BCUT2D eigenvalue weighted by Gasteiger charge is 2.13. The van der Waals surface area contributed by atoms with Crippen molar-refractivity contribution in [2.45, 2.75) is 0 Å². The summed E-state index contributed by atoms with van der Waals surface area (Å²) in [6, 6.07) is 4.69. The van der Waals surface area contributed by atoms with Crippen molar-refractivity contribution in [3.8, 4) is 5.75 Å². The molecule has 0 bridgehead atoms. The number of ether oxygens (including phenoxy) is 1. The first kappa shape index (κ1) is 8.62. The van der Waals surface area contributed by atoms with Crippen molar-refractivity contribution < 1.29 is 19.1 Å². The second-order valence-electron chi connectivity index (χ2n) is 2.78. The van der Waals surface area contributed by atoms with Gasteiger partial charge in [-0.3, -0.25) is 0 Å². The third-order valence-corrected chi connectivity index (χ3v) is 2.03. The molecule has 1 heterocycles. The number of fused-ring (bicyclic) bond motifs is 1. The molecule has 4 heteroatoms. The molecular formula is C10H8O4. The highest BCUT2D eigenvalue weighted by molar-refractivity contribution is 6.03. The van der Waals surface area contributed by atoms with Gasteiger partial charge in [-0.15, -0.1) is 0 Å². The lowest BCUT2D eigenvalue weighted by molar-refractivity contribution is 0.0699. The molecule has 72 valence electrons. The minimum Gasteiger partial charge on any atom is -0.493 e. The predicted octanol–water partition coefficient (Wildman–Crippen LogP) is 2.14. The fourth-order valence-electron chi connectivity index (χ4n) is 1.38. The van der Waals surface area contributed by atoms with Crippen LogP contribution in [0.25, 0.3) is 11.0 Å². The summed E-state index contributed by atoms with van der Waals surface area (Å²) >= 11 is 0. The number of hydrogen-bond donors (Lipinski definition) is 1. The molecule has 2 aromatic rings. The van der Waals surface area contributed by atoms with Crippen LogP contribution in [0.5, 0.6) is 5.75 Å². The van der Waals surface area contributed by atoms with Crippen LogP contribution in [0.1, 0.15) is 10.4 Å². The number of furan rings is 1. The maximum absolute atomic E-state index is 10.8. The van der Waals surface area contributed by atoms with Crippen LogP contribution in [-0.2, 0) is 0 Å². The van der Waals surface area contributed by atoms with Gasteiger partial charge >= 0.3 is 5.97 Å². The third-order valence-electron chi connectivity index (χ3n) is 2.03. The van der Waals surface area contributed by atoms with Crippen molar-refractivity contribution >= 4 is 16.9 Å². The first-order valence-corrected chi connectivity index (χ1v) is 4.01. The lowest BCUT2D eigenvalue weighted by Gasteiger charge is -2.01. The number of aromatic carboxylic acids is 1. The molecular weight excluding hydrogens is 184 g/mol. The smallest absolute Gasteiger partial charge is 0.336 e. The van der Waals surface area contributed by atoms with Gasteiger partial charge in [0.15, 0.2) is 11.3 Å². The van der Waals surface area contributed by atoms with Gasteiger partial charge < -0.3 is 14.3 Å². The Morgan fingerprint density at radius 3 is 2.86 bits per heavy atom. The standard InChI is InChI=1S/C10H8O4/c1-13-8-3-2-7(10(11)12)6-4-5-14-9(6)8/h2-5H,1H3,(H,11,12). The van der Waals surface area contributed by atoms with E-state index in [1.165, 1.54) is 19.4 Å². The second-order valence-corrected chi connectivity index (χ2v) is 2.78. The minimum absolute atomic E-state index is 0.217. The van der Waals surface area contributed by atoms with Crippen LogP contribution < -0.4 is 4.74 Å². The molecule has 1 aromatic heterocycles. The third kappa shape index (κ3) is 1.12. The van der Waals surface area contributed by atoms with E-state index >= 15 is 0 Å². The summed E-state index contributed by atoms with van der Waals surface area (Å²) in [5, 5.41) is 9.43. The van der Waals surface area contributed by atoms with E-state index < -0.39 is 5.97 Å². The Bertz CT molecular complexity index is 484. The maximum Gasteiger partial charge on any atom is 0.336 e. The Hall–Kier alpha value is -1.97. The van der Waals surface area contributed by atoms with E-state index in [1.807, 2.05) is 0 Å². The van der Waals surface area contributed by atoms with E-state index in [9.17, 15) is 4.79 Å². The normalized spacial score (nSPS) is 10.4. The molecule has 14 heavy (non-hydrogen) atoms. The summed E-state index contributed by atoms with van der Waals surface area (Å²) in [7, 11) is 1.51. The molecule has 0 aliphatic rings. The van der Waals surface area contributed by atoms with Gasteiger partial charge in [0.05, 0.1) is 18.9 Å².